The quantitative estimate of drug-likeness (QED) is 0.812. The van der Waals surface area contributed by atoms with Crippen molar-refractivity contribution in [3.05, 3.63) is 50.2 Å². The molecule has 0 saturated heterocycles. The monoisotopic (exact) mass is 322 g/mol. The van der Waals surface area contributed by atoms with Crippen LogP contribution < -0.4 is 5.32 Å². The van der Waals surface area contributed by atoms with Gasteiger partial charge in [-0.3, -0.25) is 4.79 Å². The molecule has 3 nitrogen and oxygen atoms in total. The number of halogens is 4. The van der Waals surface area contributed by atoms with E-state index in [1.54, 1.807) is 12.1 Å². The van der Waals surface area contributed by atoms with Gasteiger partial charge in [0.05, 0.1) is 15.7 Å². The van der Waals surface area contributed by atoms with E-state index in [4.69, 9.17) is 46.4 Å². The van der Waals surface area contributed by atoms with Crippen LogP contribution in [0.1, 0.15) is 10.5 Å². The van der Waals surface area contributed by atoms with Gasteiger partial charge in [0.1, 0.15) is 10.8 Å². The van der Waals surface area contributed by atoms with Crippen molar-refractivity contribution >= 4 is 58.0 Å². The highest BCUT2D eigenvalue weighted by atomic mass is 35.5. The van der Waals surface area contributed by atoms with Crippen LogP contribution in [0, 0.1) is 0 Å². The van der Waals surface area contributed by atoms with Crippen molar-refractivity contribution in [3.63, 3.8) is 0 Å². The van der Waals surface area contributed by atoms with Crippen molar-refractivity contribution in [2.45, 2.75) is 0 Å². The first-order chi connectivity index (χ1) is 8.47. The van der Waals surface area contributed by atoms with Crippen LogP contribution in [0.3, 0.4) is 0 Å². The van der Waals surface area contributed by atoms with Crippen molar-refractivity contribution < 1.29 is 4.79 Å². The summed E-state index contributed by atoms with van der Waals surface area (Å²) in [5.41, 5.74) is 0.698. The summed E-state index contributed by atoms with van der Waals surface area (Å²) in [6.45, 7) is 0. The van der Waals surface area contributed by atoms with Crippen LogP contribution in [-0.2, 0) is 0 Å². The molecule has 0 aliphatic rings. The third kappa shape index (κ3) is 2.93. The molecule has 1 heterocycles. The predicted molar refractivity (Wildman–Crippen MR) is 75.2 cm³/mol. The lowest BCUT2D eigenvalue weighted by Crippen LogP contribution is -2.12. The number of nitrogens with one attached hydrogen (secondary N) is 2. The fraction of sp³-hybridized carbons (Fsp3) is 0. The second-order valence-electron chi connectivity index (χ2n) is 3.42. The number of H-pyrrole nitrogens is 1. The molecule has 1 aromatic heterocycles. The number of hydrogen-bond acceptors (Lipinski definition) is 1. The van der Waals surface area contributed by atoms with Gasteiger partial charge < -0.3 is 10.3 Å². The third-order valence-corrected chi connectivity index (χ3v) is 3.39. The minimum atomic E-state index is -0.395. The molecule has 7 heteroatoms. The van der Waals surface area contributed by atoms with Gasteiger partial charge in [0.2, 0.25) is 0 Å². The zero-order valence-corrected chi connectivity index (χ0v) is 11.8. The maximum absolute atomic E-state index is 11.9. The van der Waals surface area contributed by atoms with Gasteiger partial charge in [-0.2, -0.15) is 0 Å². The summed E-state index contributed by atoms with van der Waals surface area (Å²) >= 11 is 23.2. The molecule has 0 saturated carbocycles. The number of rotatable bonds is 2. The molecule has 2 aromatic rings. The Hall–Kier alpha value is -0.870. The summed E-state index contributed by atoms with van der Waals surface area (Å²) in [5, 5.41) is 3.95. The molecular weight excluding hydrogens is 318 g/mol. The van der Waals surface area contributed by atoms with Crippen molar-refractivity contribution in [1.29, 1.82) is 0 Å². The van der Waals surface area contributed by atoms with Crippen LogP contribution in [0.25, 0.3) is 0 Å². The molecule has 1 aromatic carbocycles. The summed E-state index contributed by atoms with van der Waals surface area (Å²) in [5.74, 6) is -0.395. The first kappa shape index (κ1) is 13.6. The van der Waals surface area contributed by atoms with E-state index < -0.39 is 5.91 Å². The van der Waals surface area contributed by atoms with Crippen LogP contribution in [0.5, 0.6) is 0 Å². The number of hydrogen-bond donors (Lipinski definition) is 2. The molecule has 0 aliphatic carbocycles. The predicted octanol–water partition coefficient (Wildman–Crippen LogP) is 4.88. The van der Waals surface area contributed by atoms with Crippen molar-refractivity contribution in [1.82, 2.24) is 4.98 Å². The van der Waals surface area contributed by atoms with Gasteiger partial charge in [-0.1, -0.05) is 46.4 Å². The largest absolute Gasteiger partial charge is 0.340 e. The SMILES string of the molecule is O=C(Nc1ccc(Cl)cc1Cl)c1cc(Cl)c(Cl)[nH]1. The van der Waals surface area contributed by atoms with Crippen molar-refractivity contribution in [2.75, 3.05) is 5.32 Å². The smallest absolute Gasteiger partial charge is 0.272 e. The Morgan fingerprint density at radius 3 is 2.33 bits per heavy atom. The van der Waals surface area contributed by atoms with Crippen LogP contribution in [0.4, 0.5) is 5.69 Å². The summed E-state index contributed by atoms with van der Waals surface area (Å²) in [6.07, 6.45) is 0. The molecule has 0 bridgehead atoms. The van der Waals surface area contributed by atoms with Gasteiger partial charge >= 0.3 is 0 Å². The molecule has 2 rings (SSSR count). The number of carbonyl (C=O) groups excluding carboxylic acids is 1. The van der Waals surface area contributed by atoms with Crippen LogP contribution in [0.15, 0.2) is 24.3 Å². The summed E-state index contributed by atoms with van der Waals surface area (Å²) in [7, 11) is 0. The fourth-order valence-electron chi connectivity index (χ4n) is 1.31. The molecule has 18 heavy (non-hydrogen) atoms. The highest BCUT2D eigenvalue weighted by Crippen LogP contribution is 2.27. The van der Waals surface area contributed by atoms with Gasteiger partial charge in [0.15, 0.2) is 0 Å². The minimum absolute atomic E-state index is 0.212. The van der Waals surface area contributed by atoms with E-state index in [9.17, 15) is 4.79 Å². The first-order valence-corrected chi connectivity index (χ1v) is 6.29. The molecular formula is C11H6Cl4N2O. The Morgan fingerprint density at radius 1 is 1.06 bits per heavy atom. The Bertz CT molecular complexity index is 590. The molecule has 0 radical (unpaired) electrons. The maximum atomic E-state index is 11.9. The molecule has 94 valence electrons. The molecule has 0 fully saturated rings. The number of aromatic nitrogens is 1. The molecule has 0 unspecified atom stereocenters. The first-order valence-electron chi connectivity index (χ1n) is 4.78. The van der Waals surface area contributed by atoms with E-state index in [1.807, 2.05) is 0 Å². The van der Waals surface area contributed by atoms with Gasteiger partial charge in [-0.15, -0.1) is 0 Å². The lowest BCUT2D eigenvalue weighted by atomic mass is 10.3. The average Bonchev–Trinajstić information content (AvgIpc) is 2.63. The summed E-state index contributed by atoms with van der Waals surface area (Å²) < 4.78 is 0. The Kier molecular flexibility index (Phi) is 4.07. The molecule has 0 aliphatic heterocycles. The van der Waals surface area contributed by atoms with E-state index in [2.05, 4.69) is 10.3 Å². The molecule has 1 amide bonds. The number of amides is 1. The zero-order valence-electron chi connectivity index (χ0n) is 8.73. The topological polar surface area (TPSA) is 44.9 Å². The van der Waals surface area contributed by atoms with Crippen molar-refractivity contribution in [2.24, 2.45) is 0 Å². The summed E-state index contributed by atoms with van der Waals surface area (Å²) in [4.78, 5) is 14.5. The molecule has 0 atom stereocenters. The fourth-order valence-corrected chi connectivity index (χ4v) is 2.08. The van der Waals surface area contributed by atoms with Gasteiger partial charge in [0, 0.05) is 5.02 Å². The second-order valence-corrected chi connectivity index (χ2v) is 5.05. The number of carbonyl (C=O) groups is 1. The third-order valence-electron chi connectivity index (χ3n) is 2.15. The Balaban J connectivity index is 2.21. The second kappa shape index (κ2) is 5.41. The zero-order chi connectivity index (χ0) is 13.3. The van der Waals surface area contributed by atoms with Gasteiger partial charge in [0.25, 0.3) is 5.91 Å². The Morgan fingerprint density at radius 2 is 1.78 bits per heavy atom. The van der Waals surface area contributed by atoms with Gasteiger partial charge in [-0.25, -0.2) is 0 Å². The standard InChI is InChI=1S/C11H6Cl4N2O/c12-5-1-2-8(6(13)3-5)17-11(18)9-4-7(14)10(15)16-9/h1-4,16H,(H,17,18). The Labute approximate surface area is 123 Å². The summed E-state index contributed by atoms with van der Waals surface area (Å²) in [6, 6.07) is 6.20. The highest BCUT2D eigenvalue weighted by Gasteiger charge is 2.13. The minimum Gasteiger partial charge on any atom is -0.340 e. The van der Waals surface area contributed by atoms with E-state index in [0.29, 0.717) is 15.7 Å². The lowest BCUT2D eigenvalue weighted by Gasteiger charge is -2.06. The van der Waals surface area contributed by atoms with Crippen LogP contribution in [-0.4, -0.2) is 10.9 Å². The van der Waals surface area contributed by atoms with Crippen LogP contribution in [0.2, 0.25) is 20.2 Å². The van der Waals surface area contributed by atoms with E-state index in [0.717, 1.165) is 0 Å². The average molecular weight is 324 g/mol. The molecule has 2 N–H and O–H groups in total. The van der Waals surface area contributed by atoms with E-state index >= 15 is 0 Å². The highest BCUT2D eigenvalue weighted by molar-refractivity contribution is 6.42. The normalized spacial score (nSPS) is 10.4. The van der Waals surface area contributed by atoms with Crippen LogP contribution >= 0.6 is 46.4 Å². The lowest BCUT2D eigenvalue weighted by molar-refractivity contribution is 0.102. The number of benzene rings is 1. The van der Waals surface area contributed by atoms with E-state index in [1.165, 1.54) is 12.1 Å². The maximum Gasteiger partial charge on any atom is 0.272 e. The number of anilines is 1. The van der Waals surface area contributed by atoms with Crippen molar-refractivity contribution in [3.8, 4) is 0 Å². The molecule has 0 spiro atoms. The van der Waals surface area contributed by atoms with Gasteiger partial charge in [-0.05, 0) is 24.3 Å². The number of aromatic amines is 1. The van der Waals surface area contributed by atoms with E-state index in [-0.39, 0.29) is 15.9 Å².